The average molecular weight is 328 g/mol. The Hall–Kier alpha value is -3.13. The second-order valence-corrected chi connectivity index (χ2v) is 4.80. The number of halogens is 1. The summed E-state index contributed by atoms with van der Waals surface area (Å²) in [5.41, 5.74) is 1.13. The van der Waals surface area contributed by atoms with Crippen molar-refractivity contribution >= 4 is 11.6 Å². The average Bonchev–Trinajstić information content (AvgIpc) is 3.04. The van der Waals surface area contributed by atoms with Gasteiger partial charge in [-0.3, -0.25) is 9.78 Å². The fraction of sp³-hybridized carbons (Fsp3) is 0.125. The maximum Gasteiger partial charge on any atom is 0.252 e. The number of nitrogens with one attached hydrogen (secondary N) is 1. The van der Waals surface area contributed by atoms with Gasteiger partial charge in [0.2, 0.25) is 11.7 Å². The molecular formula is C16H13FN4O3. The van der Waals surface area contributed by atoms with Crippen LogP contribution in [0.2, 0.25) is 0 Å². The molecule has 0 aliphatic rings. The van der Waals surface area contributed by atoms with Gasteiger partial charge in [-0.25, -0.2) is 4.39 Å². The van der Waals surface area contributed by atoms with Crippen molar-refractivity contribution in [2.45, 2.75) is 6.61 Å². The van der Waals surface area contributed by atoms with Gasteiger partial charge in [0.05, 0.1) is 0 Å². The zero-order chi connectivity index (χ0) is 16.8. The van der Waals surface area contributed by atoms with Crippen molar-refractivity contribution in [3.05, 3.63) is 60.5 Å². The number of nitrogens with zero attached hydrogens (tertiary/aromatic N) is 3. The minimum atomic E-state index is -0.428. The van der Waals surface area contributed by atoms with E-state index in [-0.39, 0.29) is 19.1 Å². The van der Waals surface area contributed by atoms with E-state index in [9.17, 15) is 9.18 Å². The van der Waals surface area contributed by atoms with E-state index in [1.807, 2.05) is 0 Å². The number of carbonyl (C=O) groups is 1. The van der Waals surface area contributed by atoms with Crippen LogP contribution < -0.4 is 5.32 Å². The molecule has 0 aliphatic heterocycles. The normalized spacial score (nSPS) is 10.5. The van der Waals surface area contributed by atoms with E-state index in [2.05, 4.69) is 20.4 Å². The first kappa shape index (κ1) is 15.8. The molecule has 122 valence electrons. The molecule has 2 aromatic heterocycles. The number of pyridine rings is 1. The Morgan fingerprint density at radius 2 is 2.08 bits per heavy atom. The maximum atomic E-state index is 13.0. The Bertz CT molecular complexity index is 823. The van der Waals surface area contributed by atoms with Crippen molar-refractivity contribution in [3.8, 4) is 11.4 Å². The number of rotatable bonds is 6. The zero-order valence-corrected chi connectivity index (χ0v) is 12.5. The van der Waals surface area contributed by atoms with Crippen LogP contribution >= 0.6 is 0 Å². The van der Waals surface area contributed by atoms with Gasteiger partial charge in [0.25, 0.3) is 5.89 Å². The first-order valence-electron chi connectivity index (χ1n) is 7.07. The monoisotopic (exact) mass is 328 g/mol. The molecule has 0 spiro atoms. The Kier molecular flexibility index (Phi) is 4.87. The number of carbonyl (C=O) groups excluding carboxylic acids is 1. The number of benzene rings is 1. The summed E-state index contributed by atoms with van der Waals surface area (Å²) in [5.74, 6) is -0.168. The largest absolute Gasteiger partial charge is 0.362 e. The molecule has 1 aromatic carbocycles. The van der Waals surface area contributed by atoms with Gasteiger partial charge in [0, 0.05) is 23.6 Å². The quantitative estimate of drug-likeness (QED) is 0.747. The van der Waals surface area contributed by atoms with E-state index in [0.717, 1.165) is 5.56 Å². The first-order chi connectivity index (χ1) is 11.7. The molecule has 1 N–H and O–H groups in total. The number of hydrogen-bond donors (Lipinski definition) is 1. The smallest absolute Gasteiger partial charge is 0.252 e. The summed E-state index contributed by atoms with van der Waals surface area (Å²) >= 11 is 0. The molecule has 3 rings (SSSR count). The van der Waals surface area contributed by atoms with Crippen LogP contribution in [0.5, 0.6) is 0 Å². The zero-order valence-electron chi connectivity index (χ0n) is 12.5. The molecule has 7 nitrogen and oxygen atoms in total. The highest BCUT2D eigenvalue weighted by atomic mass is 19.1. The van der Waals surface area contributed by atoms with Crippen LogP contribution in [0, 0.1) is 5.82 Å². The Labute approximate surface area is 136 Å². The van der Waals surface area contributed by atoms with Gasteiger partial charge in [-0.2, -0.15) is 4.98 Å². The maximum absolute atomic E-state index is 13.0. The second-order valence-electron chi connectivity index (χ2n) is 4.80. The summed E-state index contributed by atoms with van der Waals surface area (Å²) in [7, 11) is 0. The molecule has 0 fully saturated rings. The summed E-state index contributed by atoms with van der Waals surface area (Å²) in [6.45, 7) is -0.224. The number of ether oxygens (including phenoxy) is 1. The first-order valence-corrected chi connectivity index (χ1v) is 7.07. The molecule has 3 aromatic rings. The molecule has 0 atom stereocenters. The highest BCUT2D eigenvalue weighted by molar-refractivity contribution is 5.91. The molecule has 0 saturated heterocycles. The number of anilines is 1. The van der Waals surface area contributed by atoms with Crippen LogP contribution in [0.1, 0.15) is 5.89 Å². The lowest BCUT2D eigenvalue weighted by Gasteiger charge is -2.04. The third-order valence-corrected chi connectivity index (χ3v) is 2.97. The van der Waals surface area contributed by atoms with Crippen molar-refractivity contribution in [1.82, 2.24) is 15.1 Å². The van der Waals surface area contributed by atoms with E-state index < -0.39 is 11.7 Å². The molecule has 0 saturated carbocycles. The van der Waals surface area contributed by atoms with Crippen molar-refractivity contribution in [2.75, 3.05) is 11.9 Å². The highest BCUT2D eigenvalue weighted by Gasteiger charge is 2.10. The minimum Gasteiger partial charge on any atom is -0.362 e. The number of aromatic nitrogens is 3. The van der Waals surface area contributed by atoms with Crippen molar-refractivity contribution < 1.29 is 18.4 Å². The van der Waals surface area contributed by atoms with Gasteiger partial charge in [-0.15, -0.1) is 0 Å². The summed E-state index contributed by atoms with van der Waals surface area (Å²) in [6, 6.07) is 9.10. The van der Waals surface area contributed by atoms with E-state index in [1.165, 1.54) is 18.2 Å². The molecule has 0 aliphatic carbocycles. The van der Waals surface area contributed by atoms with Crippen molar-refractivity contribution in [3.63, 3.8) is 0 Å². The topological polar surface area (TPSA) is 90.1 Å². The van der Waals surface area contributed by atoms with Gasteiger partial charge in [-0.05, 0) is 30.3 Å². The fourth-order valence-electron chi connectivity index (χ4n) is 1.93. The molecule has 8 heteroatoms. The van der Waals surface area contributed by atoms with Gasteiger partial charge in [-0.1, -0.05) is 11.2 Å². The van der Waals surface area contributed by atoms with Crippen LogP contribution in [0.15, 0.2) is 53.3 Å². The standard InChI is InChI=1S/C16H13FN4O3/c17-12-2-1-3-13(8-12)19-14(22)9-23-10-15-20-16(21-24-15)11-4-6-18-7-5-11/h1-8H,9-10H2,(H,19,22). The Balaban J connectivity index is 1.48. The van der Waals surface area contributed by atoms with Gasteiger partial charge < -0.3 is 14.6 Å². The summed E-state index contributed by atoms with van der Waals surface area (Å²) in [4.78, 5) is 19.8. The predicted molar refractivity (Wildman–Crippen MR) is 82.2 cm³/mol. The highest BCUT2D eigenvalue weighted by Crippen LogP contribution is 2.14. The third kappa shape index (κ3) is 4.20. The van der Waals surface area contributed by atoms with Gasteiger partial charge >= 0.3 is 0 Å². The lowest BCUT2D eigenvalue weighted by atomic mass is 10.2. The predicted octanol–water partition coefficient (Wildman–Crippen LogP) is 2.43. The third-order valence-electron chi connectivity index (χ3n) is 2.97. The molecule has 24 heavy (non-hydrogen) atoms. The Morgan fingerprint density at radius 1 is 1.25 bits per heavy atom. The molecule has 0 radical (unpaired) electrons. The lowest BCUT2D eigenvalue weighted by molar-refractivity contribution is -0.121. The summed E-state index contributed by atoms with van der Waals surface area (Å²) in [6.07, 6.45) is 3.25. The van der Waals surface area contributed by atoms with E-state index in [0.29, 0.717) is 11.5 Å². The van der Waals surface area contributed by atoms with Crippen LogP contribution in [0.25, 0.3) is 11.4 Å². The Morgan fingerprint density at radius 3 is 2.88 bits per heavy atom. The van der Waals surface area contributed by atoms with Crippen molar-refractivity contribution in [2.24, 2.45) is 0 Å². The van der Waals surface area contributed by atoms with Crippen molar-refractivity contribution in [1.29, 1.82) is 0 Å². The van der Waals surface area contributed by atoms with E-state index >= 15 is 0 Å². The second kappa shape index (κ2) is 7.42. The number of hydrogen-bond acceptors (Lipinski definition) is 6. The van der Waals surface area contributed by atoms with Crippen LogP contribution in [-0.2, 0) is 16.1 Å². The summed E-state index contributed by atoms with van der Waals surface area (Å²) in [5, 5.41) is 6.35. The SMILES string of the molecule is O=C(COCc1nc(-c2ccncc2)no1)Nc1cccc(F)c1. The lowest BCUT2D eigenvalue weighted by Crippen LogP contribution is -2.18. The molecule has 0 unspecified atom stereocenters. The summed E-state index contributed by atoms with van der Waals surface area (Å²) < 4.78 is 23.3. The van der Waals surface area contributed by atoms with Gasteiger partial charge in [0.15, 0.2) is 0 Å². The van der Waals surface area contributed by atoms with Crippen LogP contribution in [0.3, 0.4) is 0 Å². The van der Waals surface area contributed by atoms with E-state index in [4.69, 9.17) is 9.26 Å². The number of amides is 1. The van der Waals surface area contributed by atoms with Crippen LogP contribution in [-0.4, -0.2) is 27.6 Å². The minimum absolute atomic E-state index is 0.00530. The molecule has 2 heterocycles. The van der Waals surface area contributed by atoms with Gasteiger partial charge in [0.1, 0.15) is 19.0 Å². The van der Waals surface area contributed by atoms with E-state index in [1.54, 1.807) is 30.6 Å². The molecule has 1 amide bonds. The molecule has 0 bridgehead atoms. The van der Waals surface area contributed by atoms with Crippen LogP contribution in [0.4, 0.5) is 10.1 Å². The fourth-order valence-corrected chi connectivity index (χ4v) is 1.93. The molecular weight excluding hydrogens is 315 g/mol.